The third kappa shape index (κ3) is 4.02. The van der Waals surface area contributed by atoms with E-state index >= 15 is 0 Å². The Balaban J connectivity index is 1.69. The topological polar surface area (TPSA) is 95.3 Å². The van der Waals surface area contributed by atoms with Gasteiger partial charge in [-0.3, -0.25) is 14.2 Å². The Kier molecular flexibility index (Phi) is 6.32. The number of amides is 1. The molecule has 1 aliphatic rings. The number of benzene rings is 1. The number of aryl methyl sites for hydroxylation is 2. The zero-order valence-corrected chi connectivity index (χ0v) is 19.0. The highest BCUT2D eigenvalue weighted by Gasteiger charge is 2.24. The van der Waals surface area contributed by atoms with Gasteiger partial charge in [0.1, 0.15) is 23.9 Å². The van der Waals surface area contributed by atoms with Crippen LogP contribution in [0.15, 0.2) is 29.3 Å². The summed E-state index contributed by atoms with van der Waals surface area (Å²) in [6.07, 6.45) is 5.79. The first-order valence-electron chi connectivity index (χ1n) is 10.6. The highest BCUT2D eigenvalue weighted by atomic mass is 35.5. The van der Waals surface area contributed by atoms with Crippen LogP contribution >= 0.6 is 11.6 Å². The number of aromatic nitrogens is 3. The fourth-order valence-electron chi connectivity index (χ4n) is 4.09. The maximum Gasteiger partial charge on any atom is 0.263 e. The Bertz CT molecular complexity index is 1240. The standard InChI is InChI=1S/C23H25ClN4O4/c1-4-18(22(29)27-17-10-15(24)19(31-2)11-20(17)32-3)28-12-25-21-14(23(28)30)9-13-7-5-6-8-16(13)26-21/h9-12,18H,4-8H2,1-3H3,(H,27,29)/t18-/m0/s1. The molecule has 0 bridgehead atoms. The number of carbonyl (C=O) groups is 1. The van der Waals surface area contributed by atoms with Gasteiger partial charge < -0.3 is 14.8 Å². The van der Waals surface area contributed by atoms with Gasteiger partial charge in [0.2, 0.25) is 5.91 Å². The molecule has 0 fully saturated rings. The second kappa shape index (κ2) is 9.16. The van der Waals surface area contributed by atoms with Crippen molar-refractivity contribution >= 4 is 34.2 Å². The van der Waals surface area contributed by atoms with E-state index in [1.165, 1.54) is 25.1 Å². The van der Waals surface area contributed by atoms with E-state index in [0.29, 0.717) is 39.7 Å². The van der Waals surface area contributed by atoms with Gasteiger partial charge in [-0.15, -0.1) is 0 Å². The minimum Gasteiger partial charge on any atom is -0.495 e. The van der Waals surface area contributed by atoms with E-state index in [0.717, 1.165) is 36.9 Å². The minimum atomic E-state index is -0.763. The van der Waals surface area contributed by atoms with E-state index in [2.05, 4.69) is 15.3 Å². The van der Waals surface area contributed by atoms with Crippen molar-refractivity contribution in [2.24, 2.45) is 0 Å². The molecule has 4 rings (SSSR count). The maximum absolute atomic E-state index is 13.3. The molecule has 0 radical (unpaired) electrons. The summed E-state index contributed by atoms with van der Waals surface area (Å²) >= 11 is 6.22. The van der Waals surface area contributed by atoms with Gasteiger partial charge in [-0.05, 0) is 49.8 Å². The van der Waals surface area contributed by atoms with Crippen LogP contribution in [0.5, 0.6) is 11.5 Å². The molecule has 9 heteroatoms. The van der Waals surface area contributed by atoms with Crippen molar-refractivity contribution in [3.8, 4) is 11.5 Å². The third-order valence-electron chi connectivity index (χ3n) is 5.81. The lowest BCUT2D eigenvalue weighted by Gasteiger charge is -2.20. The van der Waals surface area contributed by atoms with Crippen molar-refractivity contribution in [3.63, 3.8) is 0 Å². The Hall–Kier alpha value is -3.13. The van der Waals surface area contributed by atoms with Crippen LogP contribution in [-0.4, -0.2) is 34.7 Å². The molecule has 2 aromatic heterocycles. The summed E-state index contributed by atoms with van der Waals surface area (Å²) in [5.41, 5.74) is 2.64. The van der Waals surface area contributed by atoms with E-state index in [1.807, 2.05) is 13.0 Å². The quantitative estimate of drug-likeness (QED) is 0.603. The largest absolute Gasteiger partial charge is 0.495 e. The smallest absolute Gasteiger partial charge is 0.263 e. The van der Waals surface area contributed by atoms with Crippen LogP contribution in [0, 0.1) is 0 Å². The van der Waals surface area contributed by atoms with Crippen molar-refractivity contribution in [3.05, 3.63) is 51.2 Å². The fraction of sp³-hybridized carbons (Fsp3) is 0.391. The molecule has 8 nitrogen and oxygen atoms in total. The SMILES string of the molecule is CC[C@@H](C(=O)Nc1cc(Cl)c(OC)cc1OC)n1cnc2nc3c(cc2c1=O)CCCC3. The molecule has 0 spiro atoms. The molecule has 0 saturated carbocycles. The van der Waals surface area contributed by atoms with E-state index < -0.39 is 6.04 Å². The zero-order valence-electron chi connectivity index (χ0n) is 18.3. The van der Waals surface area contributed by atoms with E-state index in [9.17, 15) is 9.59 Å². The number of halogens is 1. The van der Waals surface area contributed by atoms with Crippen molar-refractivity contribution < 1.29 is 14.3 Å². The lowest BCUT2D eigenvalue weighted by molar-refractivity contribution is -0.119. The summed E-state index contributed by atoms with van der Waals surface area (Å²) in [6.45, 7) is 1.84. The monoisotopic (exact) mass is 456 g/mol. The molecule has 0 unspecified atom stereocenters. The van der Waals surface area contributed by atoms with Crippen LogP contribution < -0.4 is 20.3 Å². The number of ether oxygens (including phenoxy) is 2. The van der Waals surface area contributed by atoms with Crippen molar-refractivity contribution in [2.75, 3.05) is 19.5 Å². The lowest BCUT2D eigenvalue weighted by Crippen LogP contribution is -2.33. The maximum atomic E-state index is 13.3. The number of nitrogens with one attached hydrogen (secondary N) is 1. The van der Waals surface area contributed by atoms with Gasteiger partial charge >= 0.3 is 0 Å². The average Bonchev–Trinajstić information content (AvgIpc) is 2.80. The number of nitrogens with zero attached hydrogens (tertiary/aromatic N) is 3. The molecule has 1 amide bonds. The molecule has 1 aromatic carbocycles. The number of anilines is 1. The van der Waals surface area contributed by atoms with E-state index in [1.54, 1.807) is 12.1 Å². The van der Waals surface area contributed by atoms with Crippen LogP contribution in [0.2, 0.25) is 5.02 Å². The number of methoxy groups -OCH3 is 2. The normalized spacial score (nSPS) is 14.0. The molecular formula is C23H25ClN4O4. The second-order valence-electron chi connectivity index (χ2n) is 7.73. The molecule has 2 heterocycles. The van der Waals surface area contributed by atoms with Gasteiger partial charge in [0.15, 0.2) is 5.65 Å². The first-order chi connectivity index (χ1) is 15.5. The summed E-state index contributed by atoms with van der Waals surface area (Å²) in [5.74, 6) is 0.454. The molecule has 168 valence electrons. The van der Waals surface area contributed by atoms with E-state index in [-0.39, 0.29) is 11.5 Å². The summed E-state index contributed by atoms with van der Waals surface area (Å²) in [4.78, 5) is 35.4. The third-order valence-corrected chi connectivity index (χ3v) is 6.10. The summed E-state index contributed by atoms with van der Waals surface area (Å²) in [5, 5.41) is 3.59. The van der Waals surface area contributed by atoms with Gasteiger partial charge in [0.25, 0.3) is 5.56 Å². The average molecular weight is 457 g/mol. The van der Waals surface area contributed by atoms with Gasteiger partial charge in [-0.2, -0.15) is 0 Å². The number of rotatable bonds is 6. The first-order valence-corrected chi connectivity index (χ1v) is 11.0. The van der Waals surface area contributed by atoms with Crippen LogP contribution in [-0.2, 0) is 17.6 Å². The number of pyridine rings is 1. The molecule has 1 atom stereocenters. The molecule has 32 heavy (non-hydrogen) atoms. The van der Waals surface area contributed by atoms with Crippen molar-refractivity contribution in [1.29, 1.82) is 0 Å². The lowest BCUT2D eigenvalue weighted by atomic mass is 9.95. The van der Waals surface area contributed by atoms with Crippen LogP contribution in [0.25, 0.3) is 11.0 Å². The number of hydrogen-bond donors (Lipinski definition) is 1. The Morgan fingerprint density at radius 2 is 1.94 bits per heavy atom. The van der Waals surface area contributed by atoms with Gasteiger partial charge in [0.05, 0.1) is 30.3 Å². The van der Waals surface area contributed by atoms with Crippen LogP contribution in [0.3, 0.4) is 0 Å². The fourth-order valence-corrected chi connectivity index (χ4v) is 4.33. The van der Waals surface area contributed by atoms with Crippen LogP contribution in [0.4, 0.5) is 5.69 Å². The molecule has 1 aliphatic carbocycles. The Morgan fingerprint density at radius 1 is 1.19 bits per heavy atom. The Morgan fingerprint density at radius 3 is 2.66 bits per heavy atom. The number of carbonyl (C=O) groups excluding carboxylic acids is 1. The predicted octanol–water partition coefficient (Wildman–Crippen LogP) is 3.93. The molecule has 0 saturated heterocycles. The predicted molar refractivity (Wildman–Crippen MR) is 123 cm³/mol. The Labute approximate surface area is 190 Å². The van der Waals surface area contributed by atoms with E-state index in [4.69, 9.17) is 21.1 Å². The van der Waals surface area contributed by atoms with Crippen molar-refractivity contribution in [1.82, 2.24) is 14.5 Å². The summed E-state index contributed by atoms with van der Waals surface area (Å²) in [7, 11) is 2.98. The van der Waals surface area contributed by atoms with Gasteiger partial charge in [-0.1, -0.05) is 18.5 Å². The molecular weight excluding hydrogens is 432 g/mol. The molecule has 0 aliphatic heterocycles. The zero-order chi connectivity index (χ0) is 22.8. The molecule has 1 N–H and O–H groups in total. The summed E-state index contributed by atoms with van der Waals surface area (Å²) in [6, 6.07) is 4.28. The van der Waals surface area contributed by atoms with Crippen molar-refractivity contribution in [2.45, 2.75) is 45.1 Å². The molecule has 3 aromatic rings. The van der Waals surface area contributed by atoms with Gasteiger partial charge in [-0.25, -0.2) is 9.97 Å². The highest BCUT2D eigenvalue weighted by molar-refractivity contribution is 6.32. The van der Waals surface area contributed by atoms with Crippen LogP contribution in [0.1, 0.15) is 43.5 Å². The second-order valence-corrected chi connectivity index (χ2v) is 8.14. The first kappa shape index (κ1) is 22.1. The minimum absolute atomic E-state index is 0.280. The highest BCUT2D eigenvalue weighted by Crippen LogP contribution is 2.36. The summed E-state index contributed by atoms with van der Waals surface area (Å²) < 4.78 is 11.9. The number of fused-ring (bicyclic) bond motifs is 2. The number of hydrogen-bond acceptors (Lipinski definition) is 6. The van der Waals surface area contributed by atoms with Gasteiger partial charge in [0, 0.05) is 11.8 Å².